The Morgan fingerprint density at radius 3 is 2.77 bits per heavy atom. The lowest BCUT2D eigenvalue weighted by atomic mass is 9.93. The third-order valence-corrected chi connectivity index (χ3v) is 6.47. The molecule has 1 N–H and O–H groups in total. The van der Waals surface area contributed by atoms with Crippen LogP contribution in [0.3, 0.4) is 0 Å². The molecule has 5 heteroatoms. The van der Waals surface area contributed by atoms with Gasteiger partial charge in [0.2, 0.25) is 0 Å². The van der Waals surface area contributed by atoms with E-state index in [4.69, 9.17) is 4.74 Å². The molecule has 1 saturated heterocycles. The number of ether oxygens (including phenoxy) is 1. The van der Waals surface area contributed by atoms with Gasteiger partial charge in [0.05, 0.1) is 0 Å². The Morgan fingerprint density at radius 2 is 2.08 bits per heavy atom. The summed E-state index contributed by atoms with van der Waals surface area (Å²) in [4.78, 5) is 15.4. The maximum atomic E-state index is 13.3. The number of nitrogens with zero attached hydrogens (tertiary/aromatic N) is 1. The molecule has 2 aliphatic rings. The fraction of sp³-hybridized carbons (Fsp3) is 0.476. The van der Waals surface area contributed by atoms with E-state index in [-0.39, 0.29) is 5.91 Å². The van der Waals surface area contributed by atoms with Crippen LogP contribution in [0.5, 0.6) is 5.75 Å². The van der Waals surface area contributed by atoms with Gasteiger partial charge in [-0.1, -0.05) is 18.2 Å². The van der Waals surface area contributed by atoms with Crippen LogP contribution < -0.4 is 10.1 Å². The van der Waals surface area contributed by atoms with Crippen molar-refractivity contribution < 1.29 is 9.53 Å². The minimum atomic E-state index is -0.476. The first-order chi connectivity index (χ1) is 12.7. The van der Waals surface area contributed by atoms with Crippen LogP contribution in [0.15, 0.2) is 47.2 Å². The van der Waals surface area contributed by atoms with Gasteiger partial charge in [-0.25, -0.2) is 0 Å². The number of hydrogen-bond donors (Lipinski definition) is 1. The summed E-state index contributed by atoms with van der Waals surface area (Å²) >= 11 is 1.68. The zero-order valence-corrected chi connectivity index (χ0v) is 16.0. The second kappa shape index (κ2) is 7.41. The van der Waals surface area contributed by atoms with Crippen LogP contribution in [0.1, 0.15) is 31.7 Å². The number of carbonyl (C=O) groups excluding carboxylic acids is 1. The van der Waals surface area contributed by atoms with Gasteiger partial charge in [-0.15, -0.1) is 0 Å². The Bertz CT molecular complexity index is 726. The number of piperidine rings is 1. The Kier molecular flexibility index (Phi) is 5.00. The van der Waals surface area contributed by atoms with Crippen molar-refractivity contribution in [1.82, 2.24) is 10.2 Å². The summed E-state index contributed by atoms with van der Waals surface area (Å²) in [7, 11) is 0. The van der Waals surface area contributed by atoms with Gasteiger partial charge in [0.25, 0.3) is 5.91 Å². The molecular weight excluding hydrogens is 344 g/mol. The third-order valence-electron chi connectivity index (χ3n) is 5.74. The number of amides is 1. The molecule has 26 heavy (non-hydrogen) atoms. The zero-order valence-electron chi connectivity index (χ0n) is 15.2. The molecule has 1 aromatic carbocycles. The summed E-state index contributed by atoms with van der Waals surface area (Å²) in [6, 6.07) is 12.1. The van der Waals surface area contributed by atoms with E-state index >= 15 is 0 Å². The SMILES string of the molecule is CC(Oc1ccccc1)C(=O)N(Cc1ccsc1)C1CC12CCNCC2. The summed E-state index contributed by atoms with van der Waals surface area (Å²) in [5.41, 5.74) is 1.54. The number of carbonyl (C=O) groups is 1. The lowest BCUT2D eigenvalue weighted by Crippen LogP contribution is -2.44. The van der Waals surface area contributed by atoms with Crippen molar-refractivity contribution in [2.75, 3.05) is 13.1 Å². The van der Waals surface area contributed by atoms with Crippen LogP contribution in [-0.2, 0) is 11.3 Å². The number of benzene rings is 1. The molecule has 1 amide bonds. The Labute approximate surface area is 159 Å². The highest BCUT2D eigenvalue weighted by Gasteiger charge is 2.58. The molecule has 1 saturated carbocycles. The van der Waals surface area contributed by atoms with Gasteiger partial charge in [0.1, 0.15) is 5.75 Å². The van der Waals surface area contributed by atoms with Crippen molar-refractivity contribution in [1.29, 1.82) is 0 Å². The highest BCUT2D eigenvalue weighted by molar-refractivity contribution is 7.07. The molecule has 2 atom stereocenters. The van der Waals surface area contributed by atoms with Crippen molar-refractivity contribution in [3.8, 4) is 5.75 Å². The van der Waals surface area contributed by atoms with Crippen LogP contribution in [0.4, 0.5) is 0 Å². The first kappa shape index (κ1) is 17.6. The second-order valence-electron chi connectivity index (χ2n) is 7.50. The van der Waals surface area contributed by atoms with Crippen molar-refractivity contribution >= 4 is 17.2 Å². The van der Waals surface area contributed by atoms with E-state index in [9.17, 15) is 4.79 Å². The first-order valence-electron chi connectivity index (χ1n) is 9.42. The molecule has 2 fully saturated rings. The van der Waals surface area contributed by atoms with Gasteiger partial charge < -0.3 is 15.0 Å². The van der Waals surface area contributed by atoms with Crippen LogP contribution in [0, 0.1) is 5.41 Å². The van der Waals surface area contributed by atoms with E-state index in [1.807, 2.05) is 37.3 Å². The van der Waals surface area contributed by atoms with Gasteiger partial charge >= 0.3 is 0 Å². The Hall–Kier alpha value is -1.85. The van der Waals surface area contributed by atoms with Gasteiger partial charge in [0, 0.05) is 12.6 Å². The van der Waals surface area contributed by atoms with Crippen molar-refractivity contribution in [2.45, 2.75) is 44.9 Å². The quantitative estimate of drug-likeness (QED) is 0.843. The van der Waals surface area contributed by atoms with Crippen LogP contribution in [0.2, 0.25) is 0 Å². The molecule has 2 aromatic rings. The van der Waals surface area contributed by atoms with Crippen molar-refractivity contribution in [3.05, 3.63) is 52.7 Å². The minimum absolute atomic E-state index is 0.0976. The smallest absolute Gasteiger partial charge is 0.263 e. The molecule has 138 valence electrons. The fourth-order valence-corrected chi connectivity index (χ4v) is 4.80. The molecule has 1 aliphatic carbocycles. The fourth-order valence-electron chi connectivity index (χ4n) is 4.14. The largest absolute Gasteiger partial charge is 0.481 e. The van der Waals surface area contributed by atoms with Gasteiger partial charge in [0.15, 0.2) is 6.10 Å². The monoisotopic (exact) mass is 370 g/mol. The zero-order chi connectivity index (χ0) is 18.0. The highest BCUT2D eigenvalue weighted by Crippen LogP contribution is 2.56. The average Bonchev–Trinajstić information content (AvgIpc) is 3.09. The molecule has 0 bridgehead atoms. The van der Waals surface area contributed by atoms with Crippen molar-refractivity contribution in [2.24, 2.45) is 5.41 Å². The van der Waals surface area contributed by atoms with E-state index in [2.05, 4.69) is 27.0 Å². The standard InChI is InChI=1S/C21H26N2O2S/c1-16(25-18-5-3-2-4-6-18)20(24)23(14-17-7-12-26-15-17)19-13-21(19)8-10-22-11-9-21/h2-7,12,15-16,19,22H,8-11,13-14H2,1H3. The number of nitrogens with one attached hydrogen (secondary N) is 1. The Morgan fingerprint density at radius 1 is 1.31 bits per heavy atom. The normalized spacial score (nSPS) is 22.0. The molecule has 1 aromatic heterocycles. The minimum Gasteiger partial charge on any atom is -0.481 e. The molecule has 4 nitrogen and oxygen atoms in total. The number of hydrogen-bond acceptors (Lipinski definition) is 4. The van der Waals surface area contributed by atoms with E-state index in [0.29, 0.717) is 18.0 Å². The molecule has 1 aliphatic heterocycles. The molecule has 2 heterocycles. The molecule has 2 unspecified atom stereocenters. The first-order valence-corrected chi connectivity index (χ1v) is 10.4. The van der Waals surface area contributed by atoms with Crippen LogP contribution in [-0.4, -0.2) is 36.0 Å². The maximum absolute atomic E-state index is 13.3. The molecule has 1 spiro atoms. The highest BCUT2D eigenvalue weighted by atomic mass is 32.1. The third kappa shape index (κ3) is 3.64. The lowest BCUT2D eigenvalue weighted by Gasteiger charge is -2.31. The van der Waals surface area contributed by atoms with Gasteiger partial charge in [-0.2, -0.15) is 11.3 Å². The number of rotatable bonds is 6. The van der Waals surface area contributed by atoms with E-state index in [1.54, 1.807) is 11.3 Å². The molecule has 4 rings (SSSR count). The van der Waals surface area contributed by atoms with E-state index in [0.717, 1.165) is 25.3 Å². The number of para-hydroxylation sites is 1. The molecular formula is C21H26N2O2S. The van der Waals surface area contributed by atoms with E-state index < -0.39 is 6.10 Å². The second-order valence-corrected chi connectivity index (χ2v) is 8.28. The summed E-state index contributed by atoms with van der Waals surface area (Å²) in [5.74, 6) is 0.844. The van der Waals surface area contributed by atoms with Crippen LogP contribution >= 0.6 is 11.3 Å². The Balaban J connectivity index is 1.49. The summed E-state index contributed by atoms with van der Waals surface area (Å²) in [6.45, 7) is 4.68. The lowest BCUT2D eigenvalue weighted by molar-refractivity contribution is -0.140. The summed E-state index contributed by atoms with van der Waals surface area (Å²) in [6.07, 6.45) is 2.98. The van der Waals surface area contributed by atoms with Gasteiger partial charge in [-0.3, -0.25) is 4.79 Å². The average molecular weight is 371 g/mol. The molecule has 0 radical (unpaired) electrons. The number of thiophene rings is 1. The maximum Gasteiger partial charge on any atom is 0.263 e. The summed E-state index contributed by atoms with van der Waals surface area (Å²) in [5, 5.41) is 7.66. The summed E-state index contributed by atoms with van der Waals surface area (Å²) < 4.78 is 5.93. The van der Waals surface area contributed by atoms with Gasteiger partial charge in [-0.05, 0) is 79.2 Å². The topological polar surface area (TPSA) is 41.6 Å². The van der Waals surface area contributed by atoms with Crippen molar-refractivity contribution in [3.63, 3.8) is 0 Å². The van der Waals surface area contributed by atoms with Crippen LogP contribution in [0.25, 0.3) is 0 Å². The predicted molar refractivity (Wildman–Crippen MR) is 104 cm³/mol. The predicted octanol–water partition coefficient (Wildman–Crippen LogP) is 3.69. The van der Waals surface area contributed by atoms with E-state index in [1.165, 1.54) is 18.4 Å².